The highest BCUT2D eigenvalue weighted by molar-refractivity contribution is 6.30. The molecule has 32 heavy (non-hydrogen) atoms. The van der Waals surface area contributed by atoms with Crippen molar-refractivity contribution in [3.63, 3.8) is 0 Å². The van der Waals surface area contributed by atoms with E-state index in [0.717, 1.165) is 10.6 Å². The van der Waals surface area contributed by atoms with Gasteiger partial charge >= 0.3 is 6.09 Å². The number of hydrogen-bond acceptors (Lipinski definition) is 8. The third-order valence-corrected chi connectivity index (χ3v) is 4.09. The second kappa shape index (κ2) is 8.76. The molecule has 2 N–H and O–H groups in total. The molecule has 9 nitrogen and oxygen atoms in total. The minimum absolute atomic E-state index is 0.0191. The van der Waals surface area contributed by atoms with E-state index in [9.17, 15) is 4.79 Å². The van der Waals surface area contributed by atoms with Gasteiger partial charge in [-0.2, -0.15) is 0 Å². The molecular weight excluding hydrogens is 434 g/mol. The van der Waals surface area contributed by atoms with E-state index in [2.05, 4.69) is 15.1 Å². The zero-order chi connectivity index (χ0) is 23.7. The van der Waals surface area contributed by atoms with Crippen molar-refractivity contribution in [2.24, 2.45) is 0 Å². The first kappa shape index (κ1) is 23.5. The average molecular weight is 460 g/mol. The number of hydroxylamine groups is 1. The number of anilines is 2. The molecule has 0 aliphatic rings. The highest BCUT2D eigenvalue weighted by Crippen LogP contribution is 2.36. The molecule has 3 rings (SSSR count). The zero-order valence-electron chi connectivity index (χ0n) is 18.8. The van der Waals surface area contributed by atoms with Gasteiger partial charge in [-0.1, -0.05) is 28.9 Å². The second-order valence-corrected chi connectivity index (χ2v) is 9.43. The van der Waals surface area contributed by atoms with Gasteiger partial charge in [0, 0.05) is 16.8 Å². The maximum Gasteiger partial charge on any atom is 0.442 e. The topological polar surface area (TPSA) is 117 Å². The van der Waals surface area contributed by atoms with Crippen LogP contribution >= 0.6 is 11.6 Å². The number of nitrogen functional groups attached to an aromatic ring is 1. The van der Waals surface area contributed by atoms with E-state index in [0.29, 0.717) is 22.0 Å². The highest BCUT2D eigenvalue weighted by Gasteiger charge is 2.31. The molecule has 0 atom stereocenters. The van der Waals surface area contributed by atoms with Gasteiger partial charge in [-0.15, -0.1) is 5.06 Å². The van der Waals surface area contributed by atoms with Crippen LogP contribution in [0.25, 0.3) is 22.5 Å². The van der Waals surface area contributed by atoms with Crippen LogP contribution in [-0.2, 0) is 9.57 Å². The maximum atomic E-state index is 12.9. The molecule has 2 aromatic heterocycles. The van der Waals surface area contributed by atoms with Gasteiger partial charge in [-0.05, 0) is 59.7 Å². The number of nitrogens with two attached hydrogens (primary N) is 1. The summed E-state index contributed by atoms with van der Waals surface area (Å²) >= 11 is 5.99. The summed E-state index contributed by atoms with van der Waals surface area (Å²) in [6, 6.07) is 8.69. The Bertz CT molecular complexity index is 1100. The van der Waals surface area contributed by atoms with Gasteiger partial charge in [-0.25, -0.2) is 14.8 Å². The summed E-state index contributed by atoms with van der Waals surface area (Å²) in [6.07, 6.45) is 0.736. The smallest absolute Gasteiger partial charge is 0.442 e. The molecule has 2 heterocycles. The largest absolute Gasteiger partial charge is 0.442 e. The van der Waals surface area contributed by atoms with E-state index in [1.165, 1.54) is 6.20 Å². The summed E-state index contributed by atoms with van der Waals surface area (Å²) in [5.41, 5.74) is 6.66. The Hall–Kier alpha value is -3.17. The summed E-state index contributed by atoms with van der Waals surface area (Å²) in [4.78, 5) is 27.4. The third kappa shape index (κ3) is 5.74. The van der Waals surface area contributed by atoms with Crippen LogP contribution in [0.3, 0.4) is 0 Å². The van der Waals surface area contributed by atoms with Crippen molar-refractivity contribution in [3.8, 4) is 22.5 Å². The fourth-order valence-electron chi connectivity index (χ4n) is 2.68. The molecule has 0 saturated heterocycles. The molecule has 0 unspecified atom stereocenters. The van der Waals surface area contributed by atoms with Gasteiger partial charge in [0.2, 0.25) is 5.88 Å². The predicted molar refractivity (Wildman–Crippen MR) is 122 cm³/mol. The lowest BCUT2D eigenvalue weighted by Crippen LogP contribution is -2.42. The molecule has 170 valence electrons. The summed E-state index contributed by atoms with van der Waals surface area (Å²) in [5.74, 6) is 0.0505. The van der Waals surface area contributed by atoms with Crippen LogP contribution < -0.4 is 10.8 Å². The van der Waals surface area contributed by atoms with E-state index in [4.69, 9.17) is 31.4 Å². The molecule has 1 aromatic carbocycles. The Morgan fingerprint density at radius 1 is 1.06 bits per heavy atom. The molecule has 3 aromatic rings. The molecule has 0 fully saturated rings. The molecule has 10 heteroatoms. The Morgan fingerprint density at radius 2 is 1.72 bits per heavy atom. The summed E-state index contributed by atoms with van der Waals surface area (Å²) < 4.78 is 10.7. The number of aromatic nitrogens is 3. The van der Waals surface area contributed by atoms with E-state index < -0.39 is 17.3 Å². The van der Waals surface area contributed by atoms with Gasteiger partial charge in [0.05, 0.1) is 16.9 Å². The van der Waals surface area contributed by atoms with Gasteiger partial charge < -0.3 is 15.0 Å². The monoisotopic (exact) mass is 459 g/mol. The van der Waals surface area contributed by atoms with E-state index >= 15 is 0 Å². The summed E-state index contributed by atoms with van der Waals surface area (Å²) in [7, 11) is 0. The van der Waals surface area contributed by atoms with Crippen LogP contribution in [0, 0.1) is 0 Å². The van der Waals surface area contributed by atoms with Gasteiger partial charge in [-0.3, -0.25) is 4.84 Å². The van der Waals surface area contributed by atoms with Crippen molar-refractivity contribution in [1.82, 2.24) is 15.1 Å². The molecule has 0 spiro atoms. The van der Waals surface area contributed by atoms with Crippen LogP contribution in [0.1, 0.15) is 41.5 Å². The number of ether oxygens (including phenoxy) is 1. The van der Waals surface area contributed by atoms with E-state index in [1.54, 1.807) is 71.9 Å². The first-order chi connectivity index (χ1) is 14.8. The van der Waals surface area contributed by atoms with E-state index in [-0.39, 0.29) is 11.8 Å². The Morgan fingerprint density at radius 3 is 2.31 bits per heavy atom. The molecule has 0 radical (unpaired) electrons. The minimum Gasteiger partial charge on any atom is -0.442 e. The standard InChI is InChI=1S/C22H26ClN5O4/c1-21(2,3)30-20(29)28(32-22(4,5)6)19-25-12-11-15(26-19)16-17(27-31-18(16)24)13-7-9-14(23)10-8-13/h7-12H,24H2,1-6H3. The quantitative estimate of drug-likeness (QED) is 0.508. The van der Waals surface area contributed by atoms with Crippen LogP contribution in [-0.4, -0.2) is 32.4 Å². The van der Waals surface area contributed by atoms with Crippen molar-refractivity contribution in [2.75, 3.05) is 10.8 Å². The van der Waals surface area contributed by atoms with Crippen molar-refractivity contribution in [2.45, 2.75) is 52.7 Å². The Labute approximate surface area is 191 Å². The van der Waals surface area contributed by atoms with E-state index in [1.807, 2.05) is 0 Å². The number of carbonyl (C=O) groups is 1. The number of amides is 1. The van der Waals surface area contributed by atoms with Gasteiger partial charge in [0.25, 0.3) is 5.95 Å². The lowest BCUT2D eigenvalue weighted by Gasteiger charge is -2.30. The number of halogens is 1. The number of nitrogens with zero attached hydrogens (tertiary/aromatic N) is 4. The normalized spacial score (nSPS) is 12.0. The Balaban J connectivity index is 2.06. The SMILES string of the molecule is CC(C)(C)OC(=O)N(OC(C)(C)C)c1nccc(-c2c(-c3ccc(Cl)cc3)noc2N)n1. The molecule has 0 saturated carbocycles. The highest BCUT2D eigenvalue weighted by atomic mass is 35.5. The molecule has 0 aliphatic heterocycles. The summed E-state index contributed by atoms with van der Waals surface area (Å²) in [6.45, 7) is 10.7. The molecule has 1 amide bonds. The number of benzene rings is 1. The van der Waals surface area contributed by atoms with Crippen molar-refractivity contribution < 1.29 is 18.9 Å². The number of hydrogen-bond donors (Lipinski definition) is 1. The van der Waals surface area contributed by atoms with Crippen molar-refractivity contribution in [1.29, 1.82) is 0 Å². The van der Waals surface area contributed by atoms with Crippen LogP contribution in [0.15, 0.2) is 41.1 Å². The second-order valence-electron chi connectivity index (χ2n) is 9.00. The molecule has 0 bridgehead atoms. The molecular formula is C22H26ClN5O4. The fourth-order valence-corrected chi connectivity index (χ4v) is 2.80. The summed E-state index contributed by atoms with van der Waals surface area (Å²) in [5, 5.41) is 5.59. The molecule has 0 aliphatic carbocycles. The fraction of sp³-hybridized carbons (Fsp3) is 0.364. The average Bonchev–Trinajstić information content (AvgIpc) is 3.06. The van der Waals surface area contributed by atoms with Crippen LogP contribution in [0.5, 0.6) is 0 Å². The van der Waals surface area contributed by atoms with Crippen LogP contribution in [0.4, 0.5) is 16.6 Å². The predicted octanol–water partition coefficient (Wildman–Crippen LogP) is 5.51. The number of carbonyl (C=O) groups excluding carboxylic acids is 1. The third-order valence-electron chi connectivity index (χ3n) is 3.84. The first-order valence-electron chi connectivity index (χ1n) is 9.91. The maximum absolute atomic E-state index is 12.9. The number of rotatable bonds is 4. The lowest BCUT2D eigenvalue weighted by atomic mass is 10.1. The zero-order valence-corrected chi connectivity index (χ0v) is 19.6. The van der Waals surface area contributed by atoms with Crippen molar-refractivity contribution >= 4 is 29.5 Å². The van der Waals surface area contributed by atoms with Crippen LogP contribution in [0.2, 0.25) is 5.02 Å². The van der Waals surface area contributed by atoms with Crippen molar-refractivity contribution in [3.05, 3.63) is 41.6 Å². The van der Waals surface area contributed by atoms with Gasteiger partial charge in [0.15, 0.2) is 0 Å². The first-order valence-corrected chi connectivity index (χ1v) is 10.3. The van der Waals surface area contributed by atoms with Gasteiger partial charge in [0.1, 0.15) is 11.3 Å². The Kier molecular flexibility index (Phi) is 6.43. The lowest BCUT2D eigenvalue weighted by molar-refractivity contribution is -0.0372. The minimum atomic E-state index is -0.749.